The van der Waals surface area contributed by atoms with Crippen molar-refractivity contribution in [3.8, 4) is 0 Å². The van der Waals surface area contributed by atoms with Crippen molar-refractivity contribution in [3.63, 3.8) is 0 Å². The molecule has 0 radical (unpaired) electrons. The van der Waals surface area contributed by atoms with Gasteiger partial charge in [0.15, 0.2) is 0 Å². The van der Waals surface area contributed by atoms with Gasteiger partial charge in [-0.15, -0.1) is 0 Å². The van der Waals surface area contributed by atoms with Gasteiger partial charge < -0.3 is 14.9 Å². The maximum atomic E-state index is 11.6. The SMILES string of the molecule is CN(CCN1CCCC1)C(=O)CCCC(=O)O. The fourth-order valence-electron chi connectivity index (χ4n) is 2.00. The van der Waals surface area contributed by atoms with Crippen molar-refractivity contribution in [1.82, 2.24) is 9.80 Å². The summed E-state index contributed by atoms with van der Waals surface area (Å²) in [5.41, 5.74) is 0. The molecule has 1 amide bonds. The Kier molecular flexibility index (Phi) is 5.97. The number of rotatable bonds is 7. The Hall–Kier alpha value is -1.10. The highest BCUT2D eigenvalue weighted by molar-refractivity contribution is 5.76. The molecule has 5 heteroatoms. The molecule has 1 heterocycles. The second kappa shape index (κ2) is 7.27. The second-order valence-corrected chi connectivity index (χ2v) is 4.61. The Labute approximate surface area is 102 Å². The summed E-state index contributed by atoms with van der Waals surface area (Å²) in [6, 6.07) is 0. The number of amides is 1. The summed E-state index contributed by atoms with van der Waals surface area (Å²) in [5, 5.41) is 8.48. The van der Waals surface area contributed by atoms with Crippen LogP contribution in [0.4, 0.5) is 0 Å². The number of aliphatic carboxylic acids is 1. The molecule has 98 valence electrons. The predicted molar refractivity (Wildman–Crippen MR) is 64.8 cm³/mol. The van der Waals surface area contributed by atoms with Gasteiger partial charge in [-0.05, 0) is 32.4 Å². The number of carboxylic acids is 1. The average molecular weight is 242 g/mol. The lowest BCUT2D eigenvalue weighted by atomic mass is 10.2. The lowest BCUT2D eigenvalue weighted by Gasteiger charge is -2.21. The summed E-state index contributed by atoms with van der Waals surface area (Å²) < 4.78 is 0. The largest absolute Gasteiger partial charge is 0.481 e. The third kappa shape index (κ3) is 5.68. The molecule has 0 saturated carbocycles. The summed E-state index contributed by atoms with van der Waals surface area (Å²) in [4.78, 5) is 26.0. The van der Waals surface area contributed by atoms with Crippen molar-refractivity contribution in [2.24, 2.45) is 0 Å². The molecule has 0 aliphatic carbocycles. The number of hydrogen-bond acceptors (Lipinski definition) is 3. The maximum Gasteiger partial charge on any atom is 0.303 e. The Morgan fingerprint density at radius 2 is 1.88 bits per heavy atom. The van der Waals surface area contributed by atoms with Gasteiger partial charge in [0.2, 0.25) is 5.91 Å². The molecule has 0 aromatic rings. The highest BCUT2D eigenvalue weighted by Crippen LogP contribution is 2.07. The first-order valence-corrected chi connectivity index (χ1v) is 6.27. The van der Waals surface area contributed by atoms with Gasteiger partial charge in [0.05, 0.1) is 0 Å². The van der Waals surface area contributed by atoms with Crippen molar-refractivity contribution < 1.29 is 14.7 Å². The molecule has 0 unspecified atom stereocenters. The molecule has 0 bridgehead atoms. The van der Waals surface area contributed by atoms with Crippen LogP contribution in [0.2, 0.25) is 0 Å². The molecular formula is C12H22N2O3. The zero-order valence-electron chi connectivity index (χ0n) is 10.5. The van der Waals surface area contributed by atoms with Crippen molar-refractivity contribution in [3.05, 3.63) is 0 Å². The molecular weight excluding hydrogens is 220 g/mol. The fourth-order valence-corrected chi connectivity index (χ4v) is 2.00. The number of likely N-dealkylation sites (N-methyl/N-ethyl adjacent to an activating group) is 1. The minimum Gasteiger partial charge on any atom is -0.481 e. The zero-order valence-corrected chi connectivity index (χ0v) is 10.5. The molecule has 0 spiro atoms. The lowest BCUT2D eigenvalue weighted by Crippen LogP contribution is -2.35. The van der Waals surface area contributed by atoms with Gasteiger partial charge in [-0.2, -0.15) is 0 Å². The molecule has 0 aromatic heterocycles. The predicted octanol–water partition coefficient (Wildman–Crippen LogP) is 0.795. The first kappa shape index (κ1) is 14.0. The van der Waals surface area contributed by atoms with Gasteiger partial charge in [0.1, 0.15) is 0 Å². The summed E-state index contributed by atoms with van der Waals surface area (Å²) >= 11 is 0. The maximum absolute atomic E-state index is 11.6. The average Bonchev–Trinajstić information content (AvgIpc) is 2.78. The van der Waals surface area contributed by atoms with E-state index in [0.717, 1.165) is 26.2 Å². The molecule has 0 atom stereocenters. The van der Waals surface area contributed by atoms with Gasteiger partial charge in [-0.25, -0.2) is 0 Å². The summed E-state index contributed by atoms with van der Waals surface area (Å²) in [5.74, 6) is -0.789. The van der Waals surface area contributed by atoms with Crippen LogP contribution < -0.4 is 0 Å². The minimum atomic E-state index is -0.836. The van der Waals surface area contributed by atoms with E-state index in [1.165, 1.54) is 12.8 Å². The van der Waals surface area contributed by atoms with E-state index in [1.807, 2.05) is 0 Å². The van der Waals surface area contributed by atoms with E-state index in [1.54, 1.807) is 11.9 Å². The van der Waals surface area contributed by atoms with E-state index in [4.69, 9.17) is 5.11 Å². The normalized spacial score (nSPS) is 16.1. The smallest absolute Gasteiger partial charge is 0.303 e. The molecule has 1 N–H and O–H groups in total. The van der Waals surface area contributed by atoms with Gasteiger partial charge in [-0.3, -0.25) is 9.59 Å². The Morgan fingerprint density at radius 1 is 1.24 bits per heavy atom. The first-order valence-electron chi connectivity index (χ1n) is 6.27. The van der Waals surface area contributed by atoms with E-state index in [9.17, 15) is 9.59 Å². The quantitative estimate of drug-likeness (QED) is 0.717. The molecule has 1 aliphatic heterocycles. The van der Waals surface area contributed by atoms with Crippen LogP contribution in [0.25, 0.3) is 0 Å². The third-order valence-electron chi connectivity index (χ3n) is 3.16. The number of nitrogens with zero attached hydrogens (tertiary/aromatic N) is 2. The summed E-state index contributed by atoms with van der Waals surface area (Å²) in [7, 11) is 1.79. The highest BCUT2D eigenvalue weighted by atomic mass is 16.4. The van der Waals surface area contributed by atoms with E-state index < -0.39 is 5.97 Å². The Balaban J connectivity index is 2.10. The van der Waals surface area contributed by atoms with Gasteiger partial charge in [0.25, 0.3) is 0 Å². The van der Waals surface area contributed by atoms with E-state index in [-0.39, 0.29) is 12.3 Å². The number of carboxylic acid groups (broad SMARTS) is 1. The highest BCUT2D eigenvalue weighted by Gasteiger charge is 2.14. The zero-order chi connectivity index (χ0) is 12.7. The number of likely N-dealkylation sites (tertiary alicyclic amines) is 1. The first-order chi connectivity index (χ1) is 8.09. The Bertz CT molecular complexity index is 262. The van der Waals surface area contributed by atoms with E-state index in [0.29, 0.717) is 12.8 Å². The molecule has 17 heavy (non-hydrogen) atoms. The van der Waals surface area contributed by atoms with Crippen LogP contribution in [0.1, 0.15) is 32.1 Å². The molecule has 0 aromatic carbocycles. The molecule has 1 saturated heterocycles. The summed E-state index contributed by atoms with van der Waals surface area (Å²) in [6.07, 6.45) is 3.36. The van der Waals surface area contributed by atoms with Crippen LogP contribution in [-0.4, -0.2) is 60.0 Å². The Morgan fingerprint density at radius 3 is 2.47 bits per heavy atom. The van der Waals surface area contributed by atoms with Crippen LogP contribution in [0.5, 0.6) is 0 Å². The number of hydrogen-bond donors (Lipinski definition) is 1. The molecule has 1 aliphatic rings. The molecule has 5 nitrogen and oxygen atoms in total. The fraction of sp³-hybridized carbons (Fsp3) is 0.833. The van der Waals surface area contributed by atoms with Crippen LogP contribution in [0.15, 0.2) is 0 Å². The van der Waals surface area contributed by atoms with Crippen molar-refractivity contribution in [2.45, 2.75) is 32.1 Å². The van der Waals surface area contributed by atoms with Gasteiger partial charge in [-0.1, -0.05) is 0 Å². The van der Waals surface area contributed by atoms with Crippen molar-refractivity contribution in [2.75, 3.05) is 33.2 Å². The van der Waals surface area contributed by atoms with Gasteiger partial charge >= 0.3 is 5.97 Å². The topological polar surface area (TPSA) is 60.9 Å². The van der Waals surface area contributed by atoms with Crippen LogP contribution in [0, 0.1) is 0 Å². The second-order valence-electron chi connectivity index (χ2n) is 4.61. The van der Waals surface area contributed by atoms with Crippen LogP contribution in [0.3, 0.4) is 0 Å². The number of carbonyl (C=O) groups excluding carboxylic acids is 1. The van der Waals surface area contributed by atoms with Crippen molar-refractivity contribution in [1.29, 1.82) is 0 Å². The summed E-state index contributed by atoms with van der Waals surface area (Å²) in [6.45, 7) is 3.95. The molecule has 1 rings (SSSR count). The molecule has 1 fully saturated rings. The van der Waals surface area contributed by atoms with E-state index in [2.05, 4.69) is 4.90 Å². The lowest BCUT2D eigenvalue weighted by molar-refractivity contribution is -0.137. The van der Waals surface area contributed by atoms with E-state index >= 15 is 0 Å². The van der Waals surface area contributed by atoms with Crippen LogP contribution in [-0.2, 0) is 9.59 Å². The van der Waals surface area contributed by atoms with Crippen molar-refractivity contribution >= 4 is 11.9 Å². The number of carbonyl (C=O) groups is 2. The minimum absolute atomic E-state index is 0.0467. The monoisotopic (exact) mass is 242 g/mol. The third-order valence-corrected chi connectivity index (χ3v) is 3.16. The standard InChI is InChI=1S/C12H22N2O3/c1-13(9-10-14-7-2-3-8-14)11(15)5-4-6-12(16)17/h2-10H2,1H3,(H,16,17). The van der Waals surface area contributed by atoms with Crippen LogP contribution >= 0.6 is 0 Å². The van der Waals surface area contributed by atoms with Gasteiger partial charge in [0, 0.05) is 33.0 Å².